The molecule has 1 amide bonds. The number of rotatable bonds is 3. The van der Waals surface area contributed by atoms with Crippen molar-refractivity contribution in [3.8, 4) is 0 Å². The third-order valence-corrected chi connectivity index (χ3v) is 4.38. The van der Waals surface area contributed by atoms with Gasteiger partial charge < -0.3 is 10.6 Å². The van der Waals surface area contributed by atoms with E-state index in [1.54, 1.807) is 0 Å². The molecule has 0 radical (unpaired) electrons. The fourth-order valence-corrected chi connectivity index (χ4v) is 2.76. The average molecular weight is 325 g/mol. The molecule has 0 unspecified atom stereocenters. The molecule has 0 aromatic heterocycles. The first-order valence-corrected chi connectivity index (χ1v) is 7.48. The molecule has 1 aliphatic rings. The Hall–Kier alpha value is -0.870. The molecule has 0 saturated carbocycles. The van der Waals surface area contributed by atoms with E-state index < -0.39 is 0 Å². The topological polar surface area (TPSA) is 41.1 Å². The smallest absolute Gasteiger partial charge is 0.225 e. The minimum absolute atomic E-state index is 0.0784. The molecule has 1 aromatic carbocycles. The highest BCUT2D eigenvalue weighted by Gasteiger charge is 2.33. The van der Waals surface area contributed by atoms with Crippen LogP contribution in [0.5, 0.6) is 0 Å². The molecule has 0 aliphatic carbocycles. The summed E-state index contributed by atoms with van der Waals surface area (Å²) >= 11 is 3.43. The van der Waals surface area contributed by atoms with Crippen molar-refractivity contribution < 1.29 is 4.79 Å². The maximum Gasteiger partial charge on any atom is 0.225 e. The lowest BCUT2D eigenvalue weighted by Gasteiger charge is -2.29. The first-order chi connectivity index (χ1) is 8.90. The Kier molecular flexibility index (Phi) is 4.31. The van der Waals surface area contributed by atoms with Gasteiger partial charge in [-0.1, -0.05) is 35.0 Å². The van der Waals surface area contributed by atoms with E-state index in [1.807, 2.05) is 38.1 Å². The molecule has 0 spiro atoms. The van der Waals surface area contributed by atoms with Gasteiger partial charge in [-0.3, -0.25) is 4.79 Å². The van der Waals surface area contributed by atoms with Crippen molar-refractivity contribution in [2.45, 2.75) is 26.3 Å². The summed E-state index contributed by atoms with van der Waals surface area (Å²) in [5.41, 5.74) is 0.766. The number of hydrogen-bond acceptors (Lipinski definition) is 2. The average Bonchev–Trinajstić information content (AvgIpc) is 2.75. The zero-order valence-corrected chi connectivity index (χ0v) is 13.3. The lowest BCUT2D eigenvalue weighted by molar-refractivity contribution is -0.127. The summed E-state index contributed by atoms with van der Waals surface area (Å²) in [5.74, 6) is 0.626. The van der Waals surface area contributed by atoms with Crippen LogP contribution < -0.4 is 10.6 Å². The van der Waals surface area contributed by atoms with E-state index in [2.05, 4.69) is 33.5 Å². The van der Waals surface area contributed by atoms with E-state index in [-0.39, 0.29) is 17.4 Å². The van der Waals surface area contributed by atoms with Crippen LogP contribution in [-0.4, -0.2) is 19.0 Å². The molecule has 1 heterocycles. The van der Waals surface area contributed by atoms with Crippen molar-refractivity contribution in [3.05, 3.63) is 34.3 Å². The van der Waals surface area contributed by atoms with E-state index >= 15 is 0 Å². The van der Waals surface area contributed by atoms with Gasteiger partial charge in [-0.15, -0.1) is 0 Å². The van der Waals surface area contributed by atoms with Crippen molar-refractivity contribution in [2.75, 3.05) is 13.1 Å². The van der Waals surface area contributed by atoms with Gasteiger partial charge in [-0.25, -0.2) is 0 Å². The summed E-state index contributed by atoms with van der Waals surface area (Å²) in [6.07, 6.45) is 0. The molecule has 0 bridgehead atoms. The fourth-order valence-electron chi connectivity index (χ4n) is 2.50. The Balaban J connectivity index is 2.08. The standard InChI is InChI=1S/C15H21BrN2O/c1-10-8-17-9-13(10)14(19)18-15(2,3)11-4-6-12(16)7-5-11/h4-7,10,13,17H,8-9H2,1-3H3,(H,18,19)/t10-,13-/m1/s1. The van der Waals surface area contributed by atoms with Gasteiger partial charge in [0.15, 0.2) is 0 Å². The monoisotopic (exact) mass is 324 g/mol. The zero-order valence-electron chi connectivity index (χ0n) is 11.7. The molecule has 2 atom stereocenters. The molecule has 1 aliphatic heterocycles. The third kappa shape index (κ3) is 3.37. The van der Waals surface area contributed by atoms with Crippen LogP contribution in [0.3, 0.4) is 0 Å². The highest BCUT2D eigenvalue weighted by atomic mass is 79.9. The van der Waals surface area contributed by atoms with Crippen LogP contribution >= 0.6 is 15.9 Å². The number of carbonyl (C=O) groups is 1. The normalized spacial score (nSPS) is 23.4. The third-order valence-electron chi connectivity index (χ3n) is 3.86. The van der Waals surface area contributed by atoms with Gasteiger partial charge in [0, 0.05) is 11.0 Å². The molecule has 3 nitrogen and oxygen atoms in total. The number of benzene rings is 1. The summed E-state index contributed by atoms with van der Waals surface area (Å²) in [6, 6.07) is 8.09. The van der Waals surface area contributed by atoms with Gasteiger partial charge >= 0.3 is 0 Å². The van der Waals surface area contributed by atoms with Crippen LogP contribution in [-0.2, 0) is 10.3 Å². The molecular weight excluding hydrogens is 304 g/mol. The van der Waals surface area contributed by atoms with Crippen molar-refractivity contribution in [1.29, 1.82) is 0 Å². The van der Waals surface area contributed by atoms with Gasteiger partial charge in [0.1, 0.15) is 0 Å². The minimum Gasteiger partial charge on any atom is -0.347 e. The second-order valence-corrected chi connectivity index (χ2v) is 6.78. The second-order valence-electron chi connectivity index (χ2n) is 5.86. The Bertz CT molecular complexity index is 456. The van der Waals surface area contributed by atoms with Gasteiger partial charge in [-0.05, 0) is 44.0 Å². The first kappa shape index (κ1) is 14.5. The molecule has 4 heteroatoms. The van der Waals surface area contributed by atoms with Gasteiger partial charge in [0.05, 0.1) is 11.5 Å². The Morgan fingerprint density at radius 2 is 1.95 bits per heavy atom. The largest absolute Gasteiger partial charge is 0.347 e. The molecule has 1 aromatic rings. The maximum absolute atomic E-state index is 12.4. The van der Waals surface area contributed by atoms with E-state index in [1.165, 1.54) is 0 Å². The highest BCUT2D eigenvalue weighted by Crippen LogP contribution is 2.24. The Labute approximate surface area is 123 Å². The summed E-state index contributed by atoms with van der Waals surface area (Å²) in [7, 11) is 0. The fraction of sp³-hybridized carbons (Fsp3) is 0.533. The predicted octanol–water partition coefficient (Wildman–Crippen LogP) is 2.66. The van der Waals surface area contributed by atoms with Crippen molar-refractivity contribution in [3.63, 3.8) is 0 Å². The van der Waals surface area contributed by atoms with Crippen LogP contribution in [0.2, 0.25) is 0 Å². The Morgan fingerprint density at radius 1 is 1.32 bits per heavy atom. The number of halogens is 1. The summed E-state index contributed by atoms with van der Waals surface area (Å²) in [4.78, 5) is 12.4. The highest BCUT2D eigenvalue weighted by molar-refractivity contribution is 9.10. The first-order valence-electron chi connectivity index (χ1n) is 6.69. The van der Waals surface area contributed by atoms with E-state index in [4.69, 9.17) is 0 Å². The number of hydrogen-bond donors (Lipinski definition) is 2. The number of amides is 1. The van der Waals surface area contributed by atoms with Crippen LogP contribution in [0.4, 0.5) is 0 Å². The molecular formula is C15H21BrN2O. The quantitative estimate of drug-likeness (QED) is 0.897. The van der Waals surface area contributed by atoms with E-state index in [0.29, 0.717) is 5.92 Å². The second kappa shape index (κ2) is 5.63. The van der Waals surface area contributed by atoms with E-state index in [9.17, 15) is 4.79 Å². The maximum atomic E-state index is 12.4. The van der Waals surface area contributed by atoms with Crippen molar-refractivity contribution in [2.24, 2.45) is 11.8 Å². The van der Waals surface area contributed by atoms with Gasteiger partial charge in [0.25, 0.3) is 0 Å². The molecule has 1 saturated heterocycles. The molecule has 1 fully saturated rings. The summed E-state index contributed by atoms with van der Waals surface area (Å²) in [5, 5.41) is 6.44. The SMILES string of the molecule is C[C@@H]1CNC[C@H]1C(=O)NC(C)(C)c1ccc(Br)cc1. The lowest BCUT2D eigenvalue weighted by atomic mass is 9.91. The van der Waals surface area contributed by atoms with E-state index in [0.717, 1.165) is 23.1 Å². The van der Waals surface area contributed by atoms with Gasteiger partial charge in [0.2, 0.25) is 5.91 Å². The van der Waals surface area contributed by atoms with Crippen LogP contribution in [0, 0.1) is 11.8 Å². The van der Waals surface area contributed by atoms with Crippen LogP contribution in [0.15, 0.2) is 28.7 Å². The summed E-state index contributed by atoms with van der Waals surface area (Å²) < 4.78 is 1.05. The van der Waals surface area contributed by atoms with Gasteiger partial charge in [-0.2, -0.15) is 0 Å². The lowest BCUT2D eigenvalue weighted by Crippen LogP contribution is -2.45. The Morgan fingerprint density at radius 3 is 2.47 bits per heavy atom. The van der Waals surface area contributed by atoms with Crippen LogP contribution in [0.1, 0.15) is 26.3 Å². The summed E-state index contributed by atoms with van der Waals surface area (Å²) in [6.45, 7) is 7.92. The molecule has 104 valence electrons. The number of carbonyl (C=O) groups excluding carboxylic acids is 1. The van der Waals surface area contributed by atoms with Crippen molar-refractivity contribution in [1.82, 2.24) is 10.6 Å². The zero-order chi connectivity index (χ0) is 14.0. The molecule has 19 heavy (non-hydrogen) atoms. The van der Waals surface area contributed by atoms with Crippen molar-refractivity contribution >= 4 is 21.8 Å². The molecule has 2 N–H and O–H groups in total. The minimum atomic E-state index is -0.347. The molecule has 2 rings (SSSR count). The number of nitrogens with one attached hydrogen (secondary N) is 2. The predicted molar refractivity (Wildman–Crippen MR) is 80.8 cm³/mol. The van der Waals surface area contributed by atoms with Crippen LogP contribution in [0.25, 0.3) is 0 Å².